The second-order valence-corrected chi connectivity index (χ2v) is 5.43. The van der Waals surface area contributed by atoms with Crippen molar-refractivity contribution in [3.05, 3.63) is 35.4 Å². The van der Waals surface area contributed by atoms with Gasteiger partial charge in [0.25, 0.3) is 0 Å². The number of rotatable bonds is 5. The molecule has 0 aliphatic heterocycles. The molecule has 0 saturated heterocycles. The first-order valence-corrected chi connectivity index (χ1v) is 7.11. The van der Waals surface area contributed by atoms with Gasteiger partial charge in [-0.15, -0.1) is 0 Å². The summed E-state index contributed by atoms with van der Waals surface area (Å²) in [6, 6.07) is 3.31. The fraction of sp³-hybridized carbons (Fsp3) is 0.562. The molecule has 1 saturated carbocycles. The van der Waals surface area contributed by atoms with Crippen molar-refractivity contribution in [2.24, 2.45) is 5.92 Å². The molecule has 1 aromatic rings. The Morgan fingerprint density at radius 3 is 2.60 bits per heavy atom. The van der Waals surface area contributed by atoms with Crippen molar-refractivity contribution >= 4 is 5.78 Å². The van der Waals surface area contributed by atoms with E-state index in [-0.39, 0.29) is 23.7 Å². The highest BCUT2D eigenvalue weighted by atomic mass is 19.1. The molecule has 1 aliphatic rings. The Bertz CT molecular complexity index is 468. The van der Waals surface area contributed by atoms with Crippen LogP contribution in [0.4, 0.5) is 8.78 Å². The minimum atomic E-state index is -0.670. The summed E-state index contributed by atoms with van der Waals surface area (Å²) in [4.78, 5) is 12.3. The number of halogens is 2. The summed E-state index contributed by atoms with van der Waals surface area (Å²) in [5, 5.41) is 0. The molecule has 1 fully saturated rings. The fourth-order valence-corrected chi connectivity index (χ4v) is 2.98. The molecule has 0 spiro atoms. The largest absolute Gasteiger partial charge is 0.373 e. The van der Waals surface area contributed by atoms with E-state index in [1.807, 2.05) is 0 Å². The highest BCUT2D eigenvalue weighted by Gasteiger charge is 2.29. The maximum atomic E-state index is 13.6. The quantitative estimate of drug-likeness (QED) is 0.823. The Kier molecular flexibility index (Phi) is 5.24. The van der Waals surface area contributed by atoms with Crippen LogP contribution in [0.1, 0.15) is 37.7 Å². The Labute approximate surface area is 118 Å². The molecule has 0 aromatic heterocycles. The van der Waals surface area contributed by atoms with Gasteiger partial charge in [-0.2, -0.15) is 0 Å². The summed E-state index contributed by atoms with van der Waals surface area (Å²) >= 11 is 0. The third-order valence-corrected chi connectivity index (χ3v) is 4.03. The van der Waals surface area contributed by atoms with Crippen LogP contribution in [0, 0.1) is 17.6 Å². The van der Waals surface area contributed by atoms with Crippen LogP contribution in [0.2, 0.25) is 0 Å². The molecule has 110 valence electrons. The van der Waals surface area contributed by atoms with E-state index in [0.717, 1.165) is 31.7 Å². The number of hydrogen-bond acceptors (Lipinski definition) is 2. The van der Waals surface area contributed by atoms with Crippen molar-refractivity contribution in [1.29, 1.82) is 0 Å². The predicted molar refractivity (Wildman–Crippen MR) is 72.4 cm³/mol. The summed E-state index contributed by atoms with van der Waals surface area (Å²) in [7, 11) is 1.53. The molecule has 0 N–H and O–H groups in total. The zero-order valence-corrected chi connectivity index (χ0v) is 11.7. The molecule has 4 heteroatoms. The third-order valence-electron chi connectivity index (χ3n) is 4.03. The summed E-state index contributed by atoms with van der Waals surface area (Å²) in [5.41, 5.74) is 0.231. The molecule has 1 unspecified atom stereocenters. The number of methoxy groups -OCH3 is 1. The van der Waals surface area contributed by atoms with E-state index in [0.29, 0.717) is 0 Å². The molecule has 2 rings (SSSR count). The molecular formula is C16H20F2O2. The first kappa shape index (κ1) is 15.1. The molecule has 2 nitrogen and oxygen atoms in total. The van der Waals surface area contributed by atoms with Gasteiger partial charge in [0.05, 0.1) is 0 Å². The maximum absolute atomic E-state index is 13.6. The van der Waals surface area contributed by atoms with Crippen LogP contribution in [-0.2, 0) is 16.0 Å². The fourth-order valence-electron chi connectivity index (χ4n) is 2.98. The highest BCUT2D eigenvalue weighted by Crippen LogP contribution is 2.29. The molecule has 0 radical (unpaired) electrons. The summed E-state index contributed by atoms with van der Waals surface area (Å²) in [5.74, 6) is -1.19. The van der Waals surface area contributed by atoms with Crippen LogP contribution in [-0.4, -0.2) is 19.0 Å². The number of hydrogen-bond donors (Lipinski definition) is 0. The summed E-state index contributed by atoms with van der Waals surface area (Å²) in [6.45, 7) is 0. The van der Waals surface area contributed by atoms with Gasteiger partial charge < -0.3 is 4.74 Å². The Hall–Kier alpha value is -1.29. The number of carbonyl (C=O) groups excluding carboxylic acids is 1. The normalized spacial score (nSPS) is 17.9. The molecule has 0 amide bonds. The average Bonchev–Trinajstić information content (AvgIpc) is 2.44. The Morgan fingerprint density at radius 1 is 1.30 bits per heavy atom. The van der Waals surface area contributed by atoms with Crippen molar-refractivity contribution in [3.8, 4) is 0 Å². The first-order chi connectivity index (χ1) is 9.61. The lowest BCUT2D eigenvalue weighted by molar-refractivity contribution is -0.132. The topological polar surface area (TPSA) is 26.3 Å². The van der Waals surface area contributed by atoms with Crippen LogP contribution in [0.25, 0.3) is 0 Å². The van der Waals surface area contributed by atoms with E-state index in [4.69, 9.17) is 4.74 Å². The number of ether oxygens (including phenoxy) is 1. The smallest absolute Gasteiger partial charge is 0.166 e. The molecule has 0 bridgehead atoms. The second kappa shape index (κ2) is 6.93. The number of Topliss-reactive ketones (excluding diaryl/α,β-unsaturated/α-hetero) is 1. The van der Waals surface area contributed by atoms with E-state index in [1.54, 1.807) is 0 Å². The molecule has 1 atom stereocenters. The lowest BCUT2D eigenvalue weighted by atomic mass is 9.82. The summed E-state index contributed by atoms with van der Waals surface area (Å²) < 4.78 is 31.8. The standard InChI is InChI=1S/C16H20F2O2/c1-20-16(11-5-3-2-4-6-11)15(19)9-12-7-8-13(17)10-14(12)18/h7-8,10-11,16H,2-6,9H2,1H3. The van der Waals surface area contributed by atoms with Gasteiger partial charge in [-0.3, -0.25) is 4.79 Å². The first-order valence-electron chi connectivity index (χ1n) is 7.11. The predicted octanol–water partition coefficient (Wildman–Crippen LogP) is 3.67. The lowest BCUT2D eigenvalue weighted by Gasteiger charge is -2.28. The monoisotopic (exact) mass is 282 g/mol. The number of carbonyl (C=O) groups is 1. The van der Waals surface area contributed by atoms with Gasteiger partial charge in [-0.25, -0.2) is 8.78 Å². The van der Waals surface area contributed by atoms with Crippen LogP contribution in [0.15, 0.2) is 18.2 Å². The van der Waals surface area contributed by atoms with Gasteiger partial charge in [-0.05, 0) is 30.4 Å². The molecule has 1 aromatic carbocycles. The van der Waals surface area contributed by atoms with Gasteiger partial charge >= 0.3 is 0 Å². The molecular weight excluding hydrogens is 262 g/mol. The van der Waals surface area contributed by atoms with E-state index in [2.05, 4.69) is 0 Å². The van der Waals surface area contributed by atoms with Crippen molar-refractivity contribution in [2.75, 3.05) is 7.11 Å². The number of ketones is 1. The lowest BCUT2D eigenvalue weighted by Crippen LogP contribution is -2.34. The van der Waals surface area contributed by atoms with E-state index >= 15 is 0 Å². The van der Waals surface area contributed by atoms with Crippen molar-refractivity contribution in [2.45, 2.75) is 44.6 Å². The van der Waals surface area contributed by atoms with Crippen molar-refractivity contribution < 1.29 is 18.3 Å². The average molecular weight is 282 g/mol. The van der Waals surface area contributed by atoms with Gasteiger partial charge in [0.2, 0.25) is 0 Å². The number of benzene rings is 1. The van der Waals surface area contributed by atoms with Crippen LogP contribution in [0.3, 0.4) is 0 Å². The molecule has 1 aliphatic carbocycles. The van der Waals surface area contributed by atoms with Crippen molar-refractivity contribution in [1.82, 2.24) is 0 Å². The maximum Gasteiger partial charge on any atom is 0.166 e. The molecule has 0 heterocycles. The van der Waals surface area contributed by atoms with Crippen LogP contribution >= 0.6 is 0 Å². The van der Waals surface area contributed by atoms with Gasteiger partial charge in [0, 0.05) is 19.6 Å². The summed E-state index contributed by atoms with van der Waals surface area (Å²) in [6.07, 6.45) is 4.88. The SMILES string of the molecule is COC(C(=O)Cc1ccc(F)cc1F)C1CCCCC1. The minimum Gasteiger partial charge on any atom is -0.373 e. The van der Waals surface area contributed by atoms with E-state index in [1.165, 1.54) is 25.7 Å². The Balaban J connectivity index is 2.04. The Morgan fingerprint density at radius 2 is 2.00 bits per heavy atom. The zero-order valence-electron chi connectivity index (χ0n) is 11.7. The van der Waals surface area contributed by atoms with Gasteiger partial charge in [-0.1, -0.05) is 25.3 Å². The van der Waals surface area contributed by atoms with Crippen LogP contribution in [0.5, 0.6) is 0 Å². The van der Waals surface area contributed by atoms with E-state index < -0.39 is 17.7 Å². The van der Waals surface area contributed by atoms with Gasteiger partial charge in [0.15, 0.2) is 5.78 Å². The van der Waals surface area contributed by atoms with E-state index in [9.17, 15) is 13.6 Å². The second-order valence-electron chi connectivity index (χ2n) is 5.43. The van der Waals surface area contributed by atoms with Crippen molar-refractivity contribution in [3.63, 3.8) is 0 Å². The highest BCUT2D eigenvalue weighted by molar-refractivity contribution is 5.85. The third kappa shape index (κ3) is 3.63. The van der Waals surface area contributed by atoms with Gasteiger partial charge in [0.1, 0.15) is 17.7 Å². The molecule has 20 heavy (non-hydrogen) atoms. The van der Waals surface area contributed by atoms with Crippen LogP contribution < -0.4 is 0 Å². The zero-order chi connectivity index (χ0) is 14.5. The minimum absolute atomic E-state index is 0.0406.